The summed E-state index contributed by atoms with van der Waals surface area (Å²) in [5.74, 6) is -0.0300. The lowest BCUT2D eigenvalue weighted by Gasteiger charge is -2.05. The van der Waals surface area contributed by atoms with Crippen LogP contribution in [0, 0.1) is 0 Å². The molecule has 0 amide bonds. The second-order valence-electron chi connectivity index (χ2n) is 8.30. The number of hydrogen-bond donors (Lipinski definition) is 4. The van der Waals surface area contributed by atoms with E-state index in [0.29, 0.717) is 0 Å². The van der Waals surface area contributed by atoms with Gasteiger partial charge in [-0.15, -0.1) is 0 Å². The van der Waals surface area contributed by atoms with Crippen molar-refractivity contribution < 1.29 is 20.4 Å². The average Bonchev–Trinajstić information content (AvgIpc) is 2.79. The Morgan fingerprint density at radius 3 is 1.50 bits per heavy atom. The minimum atomic E-state index is -0.0414. The van der Waals surface area contributed by atoms with Crippen molar-refractivity contribution in [2.75, 3.05) is 0 Å². The van der Waals surface area contributed by atoms with Crippen molar-refractivity contribution >= 4 is 0 Å². The first kappa shape index (κ1) is 25.4. The summed E-state index contributed by atoms with van der Waals surface area (Å²) < 4.78 is 0. The summed E-state index contributed by atoms with van der Waals surface area (Å²) in [5, 5.41) is 38.6. The highest BCUT2D eigenvalue weighted by atomic mass is 16.3. The van der Waals surface area contributed by atoms with Crippen LogP contribution in [-0.2, 0) is 12.8 Å². The van der Waals surface area contributed by atoms with Crippen LogP contribution in [0.3, 0.4) is 0 Å². The summed E-state index contributed by atoms with van der Waals surface area (Å²) in [4.78, 5) is 0. The van der Waals surface area contributed by atoms with E-state index in [1.54, 1.807) is 12.1 Å². The lowest BCUT2D eigenvalue weighted by molar-refractivity contribution is 0.398. The molecule has 0 aromatic heterocycles. The van der Waals surface area contributed by atoms with E-state index in [1.807, 2.05) is 12.1 Å². The van der Waals surface area contributed by atoms with Gasteiger partial charge < -0.3 is 20.4 Å². The maximum Gasteiger partial charge on any atom is 0.160 e. The number of benzene rings is 2. The molecular weight excluding hydrogens is 400 g/mol. The third kappa shape index (κ3) is 9.51. The smallest absolute Gasteiger partial charge is 0.160 e. The molecule has 0 spiro atoms. The quantitative estimate of drug-likeness (QED) is 0.133. The van der Waals surface area contributed by atoms with Crippen LogP contribution >= 0.6 is 0 Å². The Hall–Kier alpha value is -2.88. The molecule has 0 heterocycles. The molecule has 0 radical (unpaired) electrons. The van der Waals surface area contributed by atoms with Crippen LogP contribution in [0.2, 0.25) is 0 Å². The monoisotopic (exact) mass is 438 g/mol. The lowest BCUT2D eigenvalue weighted by Crippen LogP contribution is -1.87. The second kappa shape index (κ2) is 15.0. The summed E-state index contributed by atoms with van der Waals surface area (Å²) in [5.41, 5.74) is 1.64. The van der Waals surface area contributed by atoms with Gasteiger partial charge in [-0.3, -0.25) is 0 Å². The molecule has 0 saturated heterocycles. The SMILES string of the molecule is Oc1cccc(CCCCC=CCC=CCCCCCCCc2cccc(O)c2O)c1O. The van der Waals surface area contributed by atoms with Crippen LogP contribution in [0.1, 0.15) is 75.3 Å². The van der Waals surface area contributed by atoms with Crippen molar-refractivity contribution in [1.29, 1.82) is 0 Å². The van der Waals surface area contributed by atoms with E-state index in [9.17, 15) is 20.4 Å². The van der Waals surface area contributed by atoms with Gasteiger partial charge in [-0.1, -0.05) is 67.8 Å². The van der Waals surface area contributed by atoms with E-state index >= 15 is 0 Å². The summed E-state index contributed by atoms with van der Waals surface area (Å²) in [6.45, 7) is 0. The number of aryl methyl sites for hydroxylation is 2. The number of allylic oxidation sites excluding steroid dienone is 4. The van der Waals surface area contributed by atoms with Crippen LogP contribution in [0.25, 0.3) is 0 Å². The van der Waals surface area contributed by atoms with E-state index in [1.165, 1.54) is 31.4 Å². The van der Waals surface area contributed by atoms with Crippen LogP contribution in [-0.4, -0.2) is 20.4 Å². The lowest BCUT2D eigenvalue weighted by atomic mass is 10.0. The van der Waals surface area contributed by atoms with Crippen molar-refractivity contribution in [3.8, 4) is 23.0 Å². The Balaban J connectivity index is 1.41. The molecule has 4 heteroatoms. The number of aromatic hydroxyl groups is 4. The normalized spacial score (nSPS) is 11.6. The highest BCUT2D eigenvalue weighted by molar-refractivity contribution is 5.44. The maximum atomic E-state index is 9.79. The molecule has 4 nitrogen and oxygen atoms in total. The van der Waals surface area contributed by atoms with Crippen molar-refractivity contribution in [2.45, 2.75) is 77.0 Å². The average molecular weight is 439 g/mol. The molecule has 0 aliphatic carbocycles. The van der Waals surface area contributed by atoms with Gasteiger partial charge in [0.05, 0.1) is 0 Å². The number of phenolic OH excluding ortho intramolecular Hbond substituents is 4. The van der Waals surface area contributed by atoms with Gasteiger partial charge in [-0.2, -0.15) is 0 Å². The molecule has 0 aliphatic rings. The molecule has 32 heavy (non-hydrogen) atoms. The van der Waals surface area contributed by atoms with Crippen molar-refractivity contribution in [1.82, 2.24) is 0 Å². The van der Waals surface area contributed by atoms with Gasteiger partial charge in [0.15, 0.2) is 23.0 Å². The van der Waals surface area contributed by atoms with Crippen LogP contribution in [0.15, 0.2) is 60.7 Å². The standard InChI is InChI=1S/C28H38O4/c29-25-21-15-19-23(27(25)31)17-13-11-9-7-5-3-1-2-4-6-8-10-12-14-18-24-20-16-22-26(30)28(24)32/h1-2,5,7,15-16,19-22,29-32H,3-4,6,8-14,17-18H2. The third-order valence-electron chi connectivity index (χ3n) is 5.69. The summed E-state index contributed by atoms with van der Waals surface area (Å²) in [7, 11) is 0. The zero-order valence-electron chi connectivity index (χ0n) is 19.0. The van der Waals surface area contributed by atoms with Gasteiger partial charge in [-0.05, 0) is 81.0 Å². The van der Waals surface area contributed by atoms with Crippen LogP contribution < -0.4 is 0 Å². The highest BCUT2D eigenvalue weighted by Gasteiger charge is 2.05. The van der Waals surface area contributed by atoms with Crippen LogP contribution in [0.5, 0.6) is 23.0 Å². The Morgan fingerprint density at radius 2 is 0.938 bits per heavy atom. The zero-order valence-corrected chi connectivity index (χ0v) is 19.0. The molecule has 2 aromatic rings. The summed E-state index contributed by atoms with van der Waals surface area (Å²) in [6.07, 6.45) is 21.5. The third-order valence-corrected chi connectivity index (χ3v) is 5.69. The predicted molar refractivity (Wildman–Crippen MR) is 131 cm³/mol. The number of para-hydroxylation sites is 2. The van der Waals surface area contributed by atoms with Gasteiger partial charge in [0.25, 0.3) is 0 Å². The minimum Gasteiger partial charge on any atom is -0.504 e. The van der Waals surface area contributed by atoms with E-state index in [4.69, 9.17) is 0 Å². The van der Waals surface area contributed by atoms with Gasteiger partial charge in [0.2, 0.25) is 0 Å². The first-order chi connectivity index (χ1) is 15.6. The van der Waals surface area contributed by atoms with Crippen molar-refractivity contribution in [2.24, 2.45) is 0 Å². The molecule has 174 valence electrons. The fraction of sp³-hybridized carbons (Fsp3) is 0.429. The number of hydrogen-bond acceptors (Lipinski definition) is 4. The topological polar surface area (TPSA) is 80.9 Å². The largest absolute Gasteiger partial charge is 0.504 e. The highest BCUT2D eigenvalue weighted by Crippen LogP contribution is 2.30. The van der Waals surface area contributed by atoms with E-state index in [2.05, 4.69) is 24.3 Å². The Labute approximate surface area is 192 Å². The molecule has 0 saturated carbocycles. The van der Waals surface area contributed by atoms with Gasteiger partial charge >= 0.3 is 0 Å². The van der Waals surface area contributed by atoms with Gasteiger partial charge in [0, 0.05) is 0 Å². The van der Waals surface area contributed by atoms with E-state index < -0.39 is 0 Å². The molecule has 2 aromatic carbocycles. The fourth-order valence-electron chi connectivity index (χ4n) is 3.75. The second-order valence-corrected chi connectivity index (χ2v) is 8.30. The molecule has 4 N–H and O–H groups in total. The van der Waals surface area contributed by atoms with E-state index in [0.717, 1.165) is 68.9 Å². The van der Waals surface area contributed by atoms with Gasteiger partial charge in [0.1, 0.15) is 0 Å². The summed E-state index contributed by atoms with van der Waals surface area (Å²) >= 11 is 0. The Morgan fingerprint density at radius 1 is 0.500 bits per heavy atom. The van der Waals surface area contributed by atoms with E-state index in [-0.39, 0.29) is 23.0 Å². The number of rotatable bonds is 15. The molecular formula is C28H38O4. The number of phenols is 4. The molecule has 0 aliphatic heterocycles. The predicted octanol–water partition coefficient (Wildman–Crippen LogP) is 7.31. The Kier molecular flexibility index (Phi) is 11.9. The molecule has 0 fully saturated rings. The van der Waals surface area contributed by atoms with Gasteiger partial charge in [-0.25, -0.2) is 0 Å². The molecule has 2 rings (SSSR count). The fourth-order valence-corrected chi connectivity index (χ4v) is 3.75. The van der Waals surface area contributed by atoms with Crippen molar-refractivity contribution in [3.05, 3.63) is 71.8 Å². The molecule has 0 unspecified atom stereocenters. The molecule has 0 bridgehead atoms. The maximum absolute atomic E-state index is 9.79. The number of unbranched alkanes of at least 4 members (excludes halogenated alkanes) is 7. The minimum absolute atomic E-state index is 0.0156. The molecule has 0 atom stereocenters. The van der Waals surface area contributed by atoms with Crippen LogP contribution in [0.4, 0.5) is 0 Å². The summed E-state index contributed by atoms with van der Waals surface area (Å²) in [6, 6.07) is 10.3. The zero-order chi connectivity index (χ0) is 23.0. The van der Waals surface area contributed by atoms with Crippen molar-refractivity contribution in [3.63, 3.8) is 0 Å². The first-order valence-corrected chi connectivity index (χ1v) is 11.9. The first-order valence-electron chi connectivity index (χ1n) is 11.9. The Bertz CT molecular complexity index is 855.